The SMILES string of the molecule is CCCCCCCCCC(=O)OC[C@H](COP(=O)(O)OC[C@H](O)COP(=O)(O)OC[C@@H](COC(=O)CCCCCCCCCCCCCC(C)C)OC(=O)CCCCCCCCCCCCCCCCC(C)C)OC(=O)CCCCCCCCCCC(C)C. The van der Waals surface area contributed by atoms with Crippen LogP contribution in [-0.4, -0.2) is 96.7 Å². The Balaban J connectivity index is 5.21. The molecule has 0 saturated carbocycles. The fourth-order valence-electron chi connectivity index (χ4n) is 10.5. The minimum atomic E-state index is -4.95. The molecule has 0 aliphatic rings. The summed E-state index contributed by atoms with van der Waals surface area (Å²) in [4.78, 5) is 72.4. The lowest BCUT2D eigenvalue weighted by Gasteiger charge is -2.21. The molecule has 528 valence electrons. The average molecular weight is 1310 g/mol. The van der Waals surface area contributed by atoms with E-state index in [1.807, 2.05) is 0 Å². The molecule has 0 fully saturated rings. The van der Waals surface area contributed by atoms with Crippen molar-refractivity contribution in [3.05, 3.63) is 0 Å². The van der Waals surface area contributed by atoms with E-state index in [0.717, 1.165) is 120 Å². The van der Waals surface area contributed by atoms with Crippen LogP contribution in [0.15, 0.2) is 0 Å². The molecule has 0 aromatic rings. The maximum absolute atomic E-state index is 13.0. The summed E-state index contributed by atoms with van der Waals surface area (Å²) in [5.74, 6) is 0.153. The molecule has 2 unspecified atom stereocenters. The maximum Gasteiger partial charge on any atom is 0.472 e. The molecule has 3 N–H and O–H groups in total. The van der Waals surface area contributed by atoms with Crippen LogP contribution in [0, 0.1) is 17.8 Å². The zero-order chi connectivity index (χ0) is 65.9. The van der Waals surface area contributed by atoms with Crippen molar-refractivity contribution in [3.8, 4) is 0 Å². The first kappa shape index (κ1) is 87.1. The number of hydrogen-bond acceptors (Lipinski definition) is 15. The maximum atomic E-state index is 13.0. The van der Waals surface area contributed by atoms with E-state index < -0.39 is 97.5 Å². The number of phosphoric ester groups is 2. The fraction of sp³-hybridized carbons (Fsp3) is 0.943. The molecular weight excluding hydrogens is 1170 g/mol. The Hall–Kier alpha value is -1.94. The van der Waals surface area contributed by atoms with Gasteiger partial charge in [-0.1, -0.05) is 299 Å². The molecule has 0 aromatic carbocycles. The van der Waals surface area contributed by atoms with Crippen molar-refractivity contribution in [2.75, 3.05) is 39.6 Å². The quantitative estimate of drug-likeness (QED) is 0.0222. The first-order valence-corrected chi connectivity index (χ1v) is 39.3. The summed E-state index contributed by atoms with van der Waals surface area (Å²) in [6.07, 6.45) is 44.6. The molecule has 17 nitrogen and oxygen atoms in total. The lowest BCUT2D eigenvalue weighted by atomic mass is 10.0. The average Bonchev–Trinajstić information content (AvgIpc) is 3.70. The van der Waals surface area contributed by atoms with Gasteiger partial charge in [0, 0.05) is 25.7 Å². The first-order chi connectivity index (χ1) is 42.7. The van der Waals surface area contributed by atoms with Gasteiger partial charge in [-0.25, -0.2) is 9.13 Å². The van der Waals surface area contributed by atoms with E-state index in [1.165, 1.54) is 148 Å². The highest BCUT2D eigenvalue weighted by atomic mass is 31.2. The third-order valence-corrected chi connectivity index (χ3v) is 18.0. The first-order valence-electron chi connectivity index (χ1n) is 36.3. The number of unbranched alkanes of at least 4 members (excludes halogenated alkanes) is 36. The lowest BCUT2D eigenvalue weighted by molar-refractivity contribution is -0.161. The number of aliphatic hydroxyl groups excluding tert-OH is 1. The molecule has 0 radical (unpaired) electrons. The predicted octanol–water partition coefficient (Wildman–Crippen LogP) is 19.8. The normalized spacial score (nSPS) is 14.2. The molecule has 0 rings (SSSR count). The summed E-state index contributed by atoms with van der Waals surface area (Å²) in [5, 5.41) is 10.6. The Morgan fingerprint density at radius 1 is 0.303 bits per heavy atom. The summed E-state index contributed by atoms with van der Waals surface area (Å²) >= 11 is 0. The number of hydrogen-bond donors (Lipinski definition) is 3. The summed E-state index contributed by atoms with van der Waals surface area (Å²) in [6, 6.07) is 0. The van der Waals surface area contributed by atoms with E-state index in [0.29, 0.717) is 25.7 Å². The van der Waals surface area contributed by atoms with Crippen molar-refractivity contribution in [1.82, 2.24) is 0 Å². The van der Waals surface area contributed by atoms with Crippen molar-refractivity contribution < 1.29 is 80.2 Å². The Labute approximate surface area is 543 Å². The molecule has 0 aromatic heterocycles. The second-order valence-electron chi connectivity index (χ2n) is 26.7. The van der Waals surface area contributed by atoms with E-state index in [9.17, 15) is 43.2 Å². The van der Waals surface area contributed by atoms with Crippen molar-refractivity contribution in [2.24, 2.45) is 17.8 Å². The number of aliphatic hydroxyl groups is 1. The van der Waals surface area contributed by atoms with E-state index in [1.54, 1.807) is 0 Å². The van der Waals surface area contributed by atoms with Crippen LogP contribution in [0.4, 0.5) is 0 Å². The van der Waals surface area contributed by atoms with Crippen LogP contribution >= 0.6 is 15.6 Å². The fourth-order valence-corrected chi connectivity index (χ4v) is 12.1. The van der Waals surface area contributed by atoms with Crippen molar-refractivity contribution in [1.29, 1.82) is 0 Å². The molecule has 0 spiro atoms. The highest BCUT2D eigenvalue weighted by molar-refractivity contribution is 7.47. The summed E-state index contributed by atoms with van der Waals surface area (Å²) < 4.78 is 68.2. The monoisotopic (exact) mass is 1310 g/mol. The highest BCUT2D eigenvalue weighted by Gasteiger charge is 2.30. The van der Waals surface area contributed by atoms with Crippen LogP contribution in [0.5, 0.6) is 0 Å². The predicted molar refractivity (Wildman–Crippen MR) is 358 cm³/mol. The zero-order valence-electron chi connectivity index (χ0n) is 57.9. The molecule has 19 heteroatoms. The van der Waals surface area contributed by atoms with E-state index in [4.69, 9.17) is 37.0 Å². The Kier molecular flexibility index (Phi) is 59.6. The number of esters is 4. The standard InChI is InChI=1S/C70H136O17P2/c1-8-9-10-11-27-37-44-51-67(72)80-57-65(87-70(75)54-47-40-33-26-25-30-36-43-50-63(6)7)59-84-88(76,77)82-55-64(71)56-83-89(78,79)85-60-66(58-81-68(73)52-45-38-31-23-20-16-18-22-29-35-42-49-62(4)5)86-69(74)53-46-39-32-24-19-15-13-12-14-17-21-28-34-41-48-61(2)3/h61-66,71H,8-60H2,1-7H3,(H,76,77)(H,78,79)/t64-,65+,66+/m0/s1. The number of ether oxygens (including phenoxy) is 4. The summed E-state index contributed by atoms with van der Waals surface area (Å²) in [7, 11) is -9.90. The molecule has 0 bridgehead atoms. The Morgan fingerprint density at radius 2 is 0.517 bits per heavy atom. The minimum Gasteiger partial charge on any atom is -0.462 e. The van der Waals surface area contributed by atoms with Gasteiger partial charge in [0.1, 0.15) is 19.3 Å². The van der Waals surface area contributed by atoms with Gasteiger partial charge in [0.2, 0.25) is 0 Å². The number of phosphoric acid groups is 2. The van der Waals surface area contributed by atoms with Gasteiger partial charge in [0.15, 0.2) is 12.2 Å². The van der Waals surface area contributed by atoms with Gasteiger partial charge >= 0.3 is 39.5 Å². The van der Waals surface area contributed by atoms with Crippen LogP contribution < -0.4 is 0 Å². The van der Waals surface area contributed by atoms with Gasteiger partial charge in [0.05, 0.1) is 26.4 Å². The van der Waals surface area contributed by atoms with Crippen LogP contribution in [0.1, 0.15) is 350 Å². The highest BCUT2D eigenvalue weighted by Crippen LogP contribution is 2.45. The van der Waals surface area contributed by atoms with Gasteiger partial charge in [-0.2, -0.15) is 0 Å². The van der Waals surface area contributed by atoms with Crippen molar-refractivity contribution in [2.45, 2.75) is 369 Å². The largest absolute Gasteiger partial charge is 0.472 e. The van der Waals surface area contributed by atoms with Crippen LogP contribution in [0.2, 0.25) is 0 Å². The minimum absolute atomic E-state index is 0.104. The van der Waals surface area contributed by atoms with Gasteiger partial charge in [-0.05, 0) is 43.4 Å². The molecule has 89 heavy (non-hydrogen) atoms. The molecule has 0 aliphatic heterocycles. The topological polar surface area (TPSA) is 237 Å². The van der Waals surface area contributed by atoms with E-state index in [2.05, 4.69) is 48.5 Å². The molecule has 0 amide bonds. The van der Waals surface area contributed by atoms with E-state index in [-0.39, 0.29) is 25.7 Å². The second-order valence-corrected chi connectivity index (χ2v) is 29.6. The molecular formula is C70H136O17P2. The van der Waals surface area contributed by atoms with Gasteiger partial charge in [-0.15, -0.1) is 0 Å². The van der Waals surface area contributed by atoms with E-state index >= 15 is 0 Å². The summed E-state index contributed by atoms with van der Waals surface area (Å²) in [6.45, 7) is 11.8. The van der Waals surface area contributed by atoms with Crippen molar-refractivity contribution in [3.63, 3.8) is 0 Å². The molecule has 0 aliphatic carbocycles. The third kappa shape index (κ3) is 64.6. The van der Waals surface area contributed by atoms with Crippen LogP contribution in [0.25, 0.3) is 0 Å². The number of rotatable bonds is 68. The third-order valence-electron chi connectivity index (χ3n) is 16.1. The number of carbonyl (C=O) groups excluding carboxylic acids is 4. The smallest absolute Gasteiger partial charge is 0.462 e. The molecule has 0 heterocycles. The molecule has 5 atom stereocenters. The van der Waals surface area contributed by atoms with Crippen LogP contribution in [-0.2, 0) is 65.4 Å². The Bertz CT molecular complexity index is 1750. The van der Waals surface area contributed by atoms with Crippen LogP contribution in [0.3, 0.4) is 0 Å². The van der Waals surface area contributed by atoms with Crippen molar-refractivity contribution >= 4 is 39.5 Å². The summed E-state index contributed by atoms with van der Waals surface area (Å²) in [5.41, 5.74) is 0. The number of carbonyl (C=O) groups is 4. The zero-order valence-corrected chi connectivity index (χ0v) is 59.7. The van der Waals surface area contributed by atoms with Gasteiger partial charge < -0.3 is 33.8 Å². The second kappa shape index (κ2) is 61.0. The van der Waals surface area contributed by atoms with Gasteiger partial charge in [0.25, 0.3) is 0 Å². The molecule has 0 saturated heterocycles. The lowest BCUT2D eigenvalue weighted by Crippen LogP contribution is -2.30. The van der Waals surface area contributed by atoms with Gasteiger partial charge in [-0.3, -0.25) is 37.3 Å². The Morgan fingerprint density at radius 3 is 0.764 bits per heavy atom.